The van der Waals surface area contributed by atoms with Crippen LogP contribution in [0.4, 0.5) is 4.79 Å². The predicted octanol–water partition coefficient (Wildman–Crippen LogP) is 3.94. The predicted molar refractivity (Wildman–Crippen MR) is 90.9 cm³/mol. The molecule has 23 heavy (non-hydrogen) atoms. The lowest BCUT2D eigenvalue weighted by atomic mass is 9.49. The van der Waals surface area contributed by atoms with Gasteiger partial charge >= 0.3 is 6.03 Å². The summed E-state index contributed by atoms with van der Waals surface area (Å²) in [5, 5.41) is 6.37. The molecule has 0 heterocycles. The summed E-state index contributed by atoms with van der Waals surface area (Å²) in [7, 11) is 0. The molecule has 0 aromatic heterocycles. The van der Waals surface area contributed by atoms with E-state index in [1.54, 1.807) is 0 Å². The molecule has 6 saturated carbocycles. The average molecular weight is 316 g/mol. The quantitative estimate of drug-likeness (QED) is 0.792. The highest BCUT2D eigenvalue weighted by Crippen LogP contribution is 2.59. The van der Waals surface area contributed by atoms with Crippen LogP contribution in [0.25, 0.3) is 0 Å². The molecule has 6 fully saturated rings. The largest absolute Gasteiger partial charge is 0.338 e. The molecule has 0 aromatic carbocycles. The first-order valence-corrected chi connectivity index (χ1v) is 10.2. The molecule has 4 bridgehead atoms. The van der Waals surface area contributed by atoms with Gasteiger partial charge in [0.1, 0.15) is 0 Å². The number of hydrogen-bond acceptors (Lipinski definition) is 1. The lowest BCUT2D eigenvalue weighted by molar-refractivity contribution is -0.0498. The zero-order chi connectivity index (χ0) is 15.4. The molecule has 3 nitrogen and oxygen atoms in total. The number of nitrogens with one attached hydrogen (secondary N) is 2. The fraction of sp³-hybridized carbons (Fsp3) is 0.950. The van der Waals surface area contributed by atoms with E-state index in [1.807, 2.05) is 0 Å². The minimum atomic E-state index is 0.0890. The smallest absolute Gasteiger partial charge is 0.314 e. The van der Waals surface area contributed by atoms with E-state index in [0.717, 1.165) is 48.6 Å². The molecule has 3 atom stereocenters. The van der Waals surface area contributed by atoms with Gasteiger partial charge in [-0.25, -0.2) is 4.79 Å². The topological polar surface area (TPSA) is 41.1 Å². The van der Waals surface area contributed by atoms with Crippen molar-refractivity contribution in [2.75, 3.05) is 13.1 Å². The van der Waals surface area contributed by atoms with Crippen LogP contribution in [0.3, 0.4) is 0 Å². The van der Waals surface area contributed by atoms with Crippen molar-refractivity contribution < 1.29 is 4.79 Å². The van der Waals surface area contributed by atoms with Crippen LogP contribution in [0.5, 0.6) is 0 Å². The zero-order valence-corrected chi connectivity index (χ0v) is 14.4. The summed E-state index contributed by atoms with van der Waals surface area (Å²) in [6.07, 6.45) is 14.1. The van der Waals surface area contributed by atoms with Gasteiger partial charge in [-0.15, -0.1) is 0 Å². The van der Waals surface area contributed by atoms with Crippen LogP contribution in [-0.4, -0.2) is 19.1 Å². The molecule has 0 saturated heterocycles. The number of carbonyl (C=O) groups is 1. The molecular formula is C20H32N2O. The molecule has 0 spiro atoms. The first-order chi connectivity index (χ1) is 11.2. The van der Waals surface area contributed by atoms with Gasteiger partial charge in [-0.05, 0) is 105 Å². The number of hydrogen-bond donors (Lipinski definition) is 2. The molecule has 2 amide bonds. The number of urea groups is 1. The number of rotatable bonds is 5. The van der Waals surface area contributed by atoms with Gasteiger partial charge in [0.2, 0.25) is 0 Å². The second-order valence-corrected chi connectivity index (χ2v) is 9.81. The van der Waals surface area contributed by atoms with Crippen molar-refractivity contribution in [3.05, 3.63) is 0 Å². The Bertz CT molecular complexity index is 453. The van der Waals surface area contributed by atoms with Gasteiger partial charge in [0.25, 0.3) is 0 Å². The Hall–Kier alpha value is -0.730. The molecule has 0 aromatic rings. The van der Waals surface area contributed by atoms with E-state index in [-0.39, 0.29) is 6.03 Å². The highest BCUT2D eigenvalue weighted by atomic mass is 16.2. The molecule has 6 rings (SSSR count). The Morgan fingerprint density at radius 1 is 0.913 bits per heavy atom. The maximum atomic E-state index is 12.2. The van der Waals surface area contributed by atoms with E-state index >= 15 is 0 Å². The normalized spacial score (nSPS) is 49.0. The first-order valence-electron chi connectivity index (χ1n) is 10.2. The fourth-order valence-electron chi connectivity index (χ4n) is 7.39. The van der Waals surface area contributed by atoms with Crippen LogP contribution >= 0.6 is 0 Å². The Morgan fingerprint density at radius 2 is 1.61 bits per heavy atom. The second kappa shape index (κ2) is 5.39. The summed E-state index contributed by atoms with van der Waals surface area (Å²) in [6, 6.07) is 0.0890. The van der Waals surface area contributed by atoms with Gasteiger partial charge in [-0.1, -0.05) is 0 Å². The maximum absolute atomic E-state index is 12.2. The van der Waals surface area contributed by atoms with E-state index in [9.17, 15) is 4.79 Å². The Labute approximate surface area is 140 Å². The van der Waals surface area contributed by atoms with Gasteiger partial charge in [0.15, 0.2) is 0 Å². The van der Waals surface area contributed by atoms with Crippen molar-refractivity contribution in [2.45, 2.75) is 64.2 Å². The number of carbonyl (C=O) groups excluding carboxylic acids is 1. The highest BCUT2D eigenvalue weighted by Gasteiger charge is 2.51. The minimum absolute atomic E-state index is 0.0890. The van der Waals surface area contributed by atoms with Crippen molar-refractivity contribution in [3.8, 4) is 0 Å². The Morgan fingerprint density at radius 3 is 2.17 bits per heavy atom. The molecule has 6 aliphatic rings. The molecule has 128 valence electrons. The van der Waals surface area contributed by atoms with Crippen LogP contribution in [0.15, 0.2) is 0 Å². The monoisotopic (exact) mass is 316 g/mol. The van der Waals surface area contributed by atoms with Crippen LogP contribution in [0.1, 0.15) is 64.2 Å². The summed E-state index contributed by atoms with van der Waals surface area (Å²) in [4.78, 5) is 12.2. The molecule has 2 N–H and O–H groups in total. The van der Waals surface area contributed by atoms with Gasteiger partial charge in [-0.3, -0.25) is 0 Å². The molecular weight excluding hydrogens is 284 g/mol. The van der Waals surface area contributed by atoms with Crippen molar-refractivity contribution in [3.63, 3.8) is 0 Å². The van der Waals surface area contributed by atoms with E-state index in [4.69, 9.17) is 0 Å². The van der Waals surface area contributed by atoms with E-state index in [0.29, 0.717) is 5.41 Å². The fourth-order valence-corrected chi connectivity index (χ4v) is 7.39. The maximum Gasteiger partial charge on any atom is 0.314 e. The standard InChI is InChI=1S/C20H32N2O/c23-19(21-4-3-16-1-2-17-8-18(16)17)22-12-20-9-13-5-14(10-20)7-15(6-13)11-20/h13-18H,1-12H2,(H2,21,22,23). The summed E-state index contributed by atoms with van der Waals surface area (Å²) in [5.74, 6) is 5.90. The summed E-state index contributed by atoms with van der Waals surface area (Å²) >= 11 is 0. The van der Waals surface area contributed by atoms with Crippen LogP contribution in [0.2, 0.25) is 0 Å². The summed E-state index contributed by atoms with van der Waals surface area (Å²) in [5.41, 5.74) is 0.457. The Balaban J connectivity index is 1.06. The van der Waals surface area contributed by atoms with Crippen LogP contribution < -0.4 is 10.6 Å². The van der Waals surface area contributed by atoms with Gasteiger partial charge in [0.05, 0.1) is 0 Å². The lowest BCUT2D eigenvalue weighted by Gasteiger charge is -2.56. The summed E-state index contributed by atoms with van der Waals surface area (Å²) in [6.45, 7) is 1.80. The van der Waals surface area contributed by atoms with E-state index < -0.39 is 0 Å². The SMILES string of the molecule is O=C(NCCC1CCC2CC12)NCC12CC3CC(CC(C3)C1)C2. The van der Waals surface area contributed by atoms with E-state index in [1.165, 1.54) is 64.2 Å². The van der Waals surface area contributed by atoms with Gasteiger partial charge in [-0.2, -0.15) is 0 Å². The molecule has 0 radical (unpaired) electrons. The van der Waals surface area contributed by atoms with Crippen molar-refractivity contribution in [2.24, 2.45) is 40.9 Å². The second-order valence-electron chi connectivity index (χ2n) is 9.81. The summed E-state index contributed by atoms with van der Waals surface area (Å²) < 4.78 is 0. The third kappa shape index (κ3) is 2.78. The van der Waals surface area contributed by atoms with Crippen LogP contribution in [0, 0.1) is 40.9 Å². The van der Waals surface area contributed by atoms with E-state index in [2.05, 4.69) is 10.6 Å². The van der Waals surface area contributed by atoms with Crippen molar-refractivity contribution in [1.29, 1.82) is 0 Å². The first kappa shape index (κ1) is 14.6. The average Bonchev–Trinajstić information content (AvgIpc) is 3.18. The number of fused-ring (bicyclic) bond motifs is 1. The Kier molecular flexibility index (Phi) is 3.42. The molecule has 3 unspecified atom stereocenters. The molecule has 6 aliphatic carbocycles. The number of amides is 2. The molecule has 0 aliphatic heterocycles. The third-order valence-electron chi connectivity index (χ3n) is 8.08. The van der Waals surface area contributed by atoms with Crippen LogP contribution in [-0.2, 0) is 0 Å². The van der Waals surface area contributed by atoms with Crippen molar-refractivity contribution >= 4 is 6.03 Å². The third-order valence-corrected chi connectivity index (χ3v) is 8.08. The molecule has 3 heteroatoms. The minimum Gasteiger partial charge on any atom is -0.338 e. The lowest BCUT2D eigenvalue weighted by Crippen LogP contribution is -2.52. The zero-order valence-electron chi connectivity index (χ0n) is 14.4. The van der Waals surface area contributed by atoms with Gasteiger partial charge in [0, 0.05) is 13.1 Å². The highest BCUT2D eigenvalue weighted by molar-refractivity contribution is 5.73. The van der Waals surface area contributed by atoms with Crippen molar-refractivity contribution in [1.82, 2.24) is 10.6 Å². The van der Waals surface area contributed by atoms with Gasteiger partial charge < -0.3 is 10.6 Å².